The monoisotopic (exact) mass is 325 g/mol. The van der Waals surface area contributed by atoms with Crippen molar-refractivity contribution in [2.75, 3.05) is 0 Å². The van der Waals surface area contributed by atoms with Gasteiger partial charge in [0.05, 0.1) is 4.83 Å². The van der Waals surface area contributed by atoms with Crippen LogP contribution < -0.4 is 0 Å². The van der Waals surface area contributed by atoms with Gasteiger partial charge in [-0.25, -0.2) is 8.78 Å². The van der Waals surface area contributed by atoms with E-state index >= 15 is 0 Å². The van der Waals surface area contributed by atoms with Crippen molar-refractivity contribution in [1.82, 2.24) is 4.98 Å². The molecule has 0 N–H and O–H groups in total. The lowest BCUT2D eigenvalue weighted by Crippen LogP contribution is -2.06. The van der Waals surface area contributed by atoms with Gasteiger partial charge in [-0.1, -0.05) is 28.1 Å². The van der Waals surface area contributed by atoms with Crippen LogP contribution in [0.4, 0.5) is 8.78 Å². The van der Waals surface area contributed by atoms with E-state index in [9.17, 15) is 8.78 Å². The molecule has 100 valence electrons. The molecule has 4 heteroatoms. The third-order valence-electron chi connectivity index (χ3n) is 3.12. The minimum Gasteiger partial charge on any atom is -0.261 e. The number of nitrogens with zero attached hydrogens (tertiary/aromatic N) is 1. The Morgan fingerprint density at radius 1 is 1.16 bits per heavy atom. The fourth-order valence-corrected chi connectivity index (χ4v) is 2.70. The van der Waals surface area contributed by atoms with Crippen molar-refractivity contribution in [3.05, 3.63) is 64.5 Å². The van der Waals surface area contributed by atoms with Crippen LogP contribution >= 0.6 is 15.9 Å². The summed E-state index contributed by atoms with van der Waals surface area (Å²) >= 11 is 3.37. The molecule has 0 aliphatic rings. The number of aryl methyl sites for hydroxylation is 2. The van der Waals surface area contributed by atoms with Gasteiger partial charge >= 0.3 is 0 Å². The summed E-state index contributed by atoms with van der Waals surface area (Å²) in [5, 5.41) is 0. The zero-order valence-electron chi connectivity index (χ0n) is 10.8. The topological polar surface area (TPSA) is 12.9 Å². The van der Waals surface area contributed by atoms with E-state index < -0.39 is 16.5 Å². The van der Waals surface area contributed by atoms with Crippen molar-refractivity contribution in [3.8, 4) is 0 Å². The summed E-state index contributed by atoms with van der Waals surface area (Å²) in [7, 11) is 0. The molecule has 2 rings (SSSR count). The maximum atomic E-state index is 14.0. The minimum absolute atomic E-state index is 0.0741. The lowest BCUT2D eigenvalue weighted by atomic mass is 10.0. The number of pyridine rings is 1. The maximum absolute atomic E-state index is 14.0. The Morgan fingerprint density at radius 3 is 2.58 bits per heavy atom. The SMILES string of the molecule is Cc1cccnc1CC(Br)c1c(F)ccc(C)c1F. The van der Waals surface area contributed by atoms with Gasteiger partial charge in [-0.3, -0.25) is 4.98 Å². The summed E-state index contributed by atoms with van der Waals surface area (Å²) in [6.07, 6.45) is 2.13. The summed E-state index contributed by atoms with van der Waals surface area (Å²) in [4.78, 5) is 3.82. The number of aromatic nitrogens is 1. The zero-order valence-corrected chi connectivity index (χ0v) is 12.3. The van der Waals surface area contributed by atoms with Crippen molar-refractivity contribution in [2.24, 2.45) is 0 Å². The molecule has 0 aliphatic heterocycles. The molecule has 1 atom stereocenters. The van der Waals surface area contributed by atoms with Crippen LogP contribution in [0, 0.1) is 25.5 Å². The van der Waals surface area contributed by atoms with E-state index in [0.717, 1.165) is 11.3 Å². The molecule has 0 saturated heterocycles. The first-order valence-electron chi connectivity index (χ1n) is 5.99. The Kier molecular flexibility index (Phi) is 4.30. The van der Waals surface area contributed by atoms with Gasteiger partial charge in [-0.2, -0.15) is 0 Å². The summed E-state index contributed by atoms with van der Waals surface area (Å²) in [6.45, 7) is 3.56. The third kappa shape index (κ3) is 3.00. The predicted molar refractivity (Wildman–Crippen MR) is 75.4 cm³/mol. The van der Waals surface area contributed by atoms with Crippen molar-refractivity contribution < 1.29 is 8.78 Å². The molecule has 1 aromatic heterocycles. The van der Waals surface area contributed by atoms with Gasteiger partial charge in [0.15, 0.2) is 0 Å². The molecule has 0 amide bonds. The number of alkyl halides is 1. The van der Waals surface area contributed by atoms with Crippen LogP contribution in [0.1, 0.15) is 27.2 Å². The summed E-state index contributed by atoms with van der Waals surface area (Å²) in [5.74, 6) is -1.02. The van der Waals surface area contributed by atoms with Crippen LogP contribution in [-0.2, 0) is 6.42 Å². The second-order valence-electron chi connectivity index (χ2n) is 4.53. The standard InChI is InChI=1S/C15H14BrF2N/c1-9-4-3-7-19-13(9)8-11(16)14-12(17)6-5-10(2)15(14)18/h3-7,11H,8H2,1-2H3. The van der Waals surface area contributed by atoms with Gasteiger partial charge in [-0.05, 0) is 37.1 Å². The molecule has 0 radical (unpaired) electrons. The van der Waals surface area contributed by atoms with Crippen LogP contribution in [0.3, 0.4) is 0 Å². The second-order valence-corrected chi connectivity index (χ2v) is 5.64. The van der Waals surface area contributed by atoms with E-state index in [1.54, 1.807) is 13.1 Å². The number of halogens is 3. The van der Waals surface area contributed by atoms with Gasteiger partial charge in [-0.15, -0.1) is 0 Å². The van der Waals surface area contributed by atoms with Crippen LogP contribution in [0.15, 0.2) is 30.5 Å². The fourth-order valence-electron chi connectivity index (χ4n) is 1.97. The Balaban J connectivity index is 2.33. The van der Waals surface area contributed by atoms with Crippen molar-refractivity contribution in [1.29, 1.82) is 0 Å². The summed E-state index contributed by atoms with van der Waals surface area (Å²) < 4.78 is 27.8. The predicted octanol–water partition coefficient (Wildman–Crippen LogP) is 4.66. The van der Waals surface area contributed by atoms with Crippen LogP contribution in [0.25, 0.3) is 0 Å². The normalized spacial score (nSPS) is 12.5. The molecule has 0 saturated carbocycles. The average Bonchev–Trinajstić information content (AvgIpc) is 2.37. The van der Waals surface area contributed by atoms with Crippen LogP contribution in [0.5, 0.6) is 0 Å². The molecule has 1 nitrogen and oxygen atoms in total. The van der Waals surface area contributed by atoms with E-state index in [1.807, 2.05) is 19.1 Å². The number of hydrogen-bond acceptors (Lipinski definition) is 1. The minimum atomic E-state index is -0.529. The van der Waals surface area contributed by atoms with Gasteiger partial charge in [0.1, 0.15) is 11.6 Å². The summed E-state index contributed by atoms with van der Waals surface area (Å²) in [5.41, 5.74) is 2.37. The number of benzene rings is 1. The van der Waals surface area contributed by atoms with Crippen molar-refractivity contribution >= 4 is 15.9 Å². The lowest BCUT2D eigenvalue weighted by Gasteiger charge is -2.14. The Bertz CT molecular complexity index is 599. The highest BCUT2D eigenvalue weighted by atomic mass is 79.9. The van der Waals surface area contributed by atoms with Crippen LogP contribution in [0.2, 0.25) is 0 Å². The highest BCUT2D eigenvalue weighted by molar-refractivity contribution is 9.09. The largest absolute Gasteiger partial charge is 0.261 e. The third-order valence-corrected chi connectivity index (χ3v) is 3.90. The van der Waals surface area contributed by atoms with Crippen molar-refractivity contribution in [2.45, 2.75) is 25.1 Å². The molecule has 2 aromatic rings. The first-order chi connectivity index (χ1) is 9.00. The molecule has 0 fully saturated rings. The molecule has 1 aromatic carbocycles. The van der Waals surface area contributed by atoms with E-state index in [0.29, 0.717) is 12.0 Å². The smallest absolute Gasteiger partial charge is 0.133 e. The highest BCUT2D eigenvalue weighted by Crippen LogP contribution is 2.32. The van der Waals surface area contributed by atoms with Gasteiger partial charge in [0.25, 0.3) is 0 Å². The van der Waals surface area contributed by atoms with E-state index in [2.05, 4.69) is 20.9 Å². The first-order valence-corrected chi connectivity index (χ1v) is 6.91. The molecule has 0 aliphatic carbocycles. The molecule has 1 unspecified atom stereocenters. The lowest BCUT2D eigenvalue weighted by molar-refractivity contribution is 0.547. The van der Waals surface area contributed by atoms with E-state index in [-0.39, 0.29) is 5.56 Å². The van der Waals surface area contributed by atoms with Crippen molar-refractivity contribution in [3.63, 3.8) is 0 Å². The molecule has 19 heavy (non-hydrogen) atoms. The quantitative estimate of drug-likeness (QED) is 0.748. The van der Waals surface area contributed by atoms with Gasteiger partial charge in [0, 0.05) is 23.9 Å². The molecule has 1 heterocycles. The van der Waals surface area contributed by atoms with Crippen LogP contribution in [-0.4, -0.2) is 4.98 Å². The Morgan fingerprint density at radius 2 is 1.89 bits per heavy atom. The first kappa shape index (κ1) is 14.1. The maximum Gasteiger partial charge on any atom is 0.133 e. The number of hydrogen-bond donors (Lipinski definition) is 0. The summed E-state index contributed by atoms with van der Waals surface area (Å²) in [6, 6.07) is 6.52. The highest BCUT2D eigenvalue weighted by Gasteiger charge is 2.20. The Labute approximate surface area is 119 Å². The van der Waals surface area contributed by atoms with E-state index in [1.165, 1.54) is 12.1 Å². The second kappa shape index (κ2) is 5.78. The molecular formula is C15H14BrF2N. The Hall–Kier alpha value is -1.29. The zero-order chi connectivity index (χ0) is 14.0. The molecule has 0 spiro atoms. The molecular weight excluding hydrogens is 312 g/mol. The molecule has 0 bridgehead atoms. The fraction of sp³-hybridized carbons (Fsp3) is 0.267. The van der Waals surface area contributed by atoms with E-state index in [4.69, 9.17) is 0 Å². The number of rotatable bonds is 3. The van der Waals surface area contributed by atoms with Gasteiger partial charge < -0.3 is 0 Å². The average molecular weight is 326 g/mol. The van der Waals surface area contributed by atoms with Gasteiger partial charge in [0.2, 0.25) is 0 Å².